The van der Waals surface area contributed by atoms with Gasteiger partial charge in [-0.2, -0.15) is 0 Å². The summed E-state index contributed by atoms with van der Waals surface area (Å²) in [6.07, 6.45) is 7.05. The molecular formula is C20H38O8. The molecule has 28 heavy (non-hydrogen) atoms. The first-order valence-corrected chi connectivity index (χ1v) is 9.84. The van der Waals surface area contributed by atoms with Crippen molar-refractivity contribution in [3.63, 3.8) is 0 Å². The quantitative estimate of drug-likeness (QED) is 0.133. The third-order valence-corrected chi connectivity index (χ3v) is 4.83. The molecule has 0 saturated carbocycles. The van der Waals surface area contributed by atoms with E-state index >= 15 is 0 Å². The van der Waals surface area contributed by atoms with E-state index in [1.54, 1.807) is 6.92 Å². The smallest absolute Gasteiger partial charge is 0.333 e. The number of allylic oxidation sites excluding steroid dienone is 1. The third kappa shape index (κ3) is 9.45. The third-order valence-electron chi connectivity index (χ3n) is 4.83. The van der Waals surface area contributed by atoms with Gasteiger partial charge >= 0.3 is 5.97 Å². The summed E-state index contributed by atoms with van der Waals surface area (Å²) in [4.78, 5) is 12.1. The Hall–Kier alpha value is -1.03. The first kappa shape index (κ1) is 27.0. The van der Waals surface area contributed by atoms with Crippen LogP contribution in [0.15, 0.2) is 11.6 Å². The number of hydrogen-bond donors (Lipinski definition) is 5. The summed E-state index contributed by atoms with van der Waals surface area (Å²) in [6.45, 7) is 0.779. The van der Waals surface area contributed by atoms with E-state index in [1.165, 1.54) is 0 Å². The lowest BCUT2D eigenvalue weighted by Gasteiger charge is -2.32. The van der Waals surface area contributed by atoms with E-state index in [0.29, 0.717) is 5.57 Å². The fourth-order valence-corrected chi connectivity index (χ4v) is 2.35. The van der Waals surface area contributed by atoms with Gasteiger partial charge in [0.2, 0.25) is 0 Å². The Morgan fingerprint density at radius 1 is 0.821 bits per heavy atom. The Morgan fingerprint density at radius 3 is 1.86 bits per heavy atom. The van der Waals surface area contributed by atoms with Gasteiger partial charge in [0, 0.05) is 5.57 Å². The fraction of sp³-hybridized carbons (Fsp3) is 0.850. The first-order chi connectivity index (χ1) is 13.4. The Morgan fingerprint density at radius 2 is 1.36 bits per heavy atom. The van der Waals surface area contributed by atoms with Gasteiger partial charge in [0.15, 0.2) is 0 Å². The highest BCUT2D eigenvalue weighted by Gasteiger charge is 2.34. The minimum atomic E-state index is -1.22. The molecule has 0 heterocycles. The first-order valence-electron chi connectivity index (χ1n) is 9.84. The Labute approximate surface area is 167 Å². The summed E-state index contributed by atoms with van der Waals surface area (Å²) in [5, 5.41) is 47.2. The second-order valence-corrected chi connectivity index (χ2v) is 7.60. The molecule has 0 aromatic heterocycles. The van der Waals surface area contributed by atoms with Gasteiger partial charge < -0.3 is 35.0 Å². The molecule has 8 nitrogen and oxygen atoms in total. The zero-order valence-corrected chi connectivity index (χ0v) is 17.2. The summed E-state index contributed by atoms with van der Waals surface area (Å²) in [5.41, 5.74) is -1.96. The summed E-state index contributed by atoms with van der Waals surface area (Å²) in [6, 6.07) is 0. The van der Waals surface area contributed by atoms with Gasteiger partial charge in [-0.3, -0.25) is 0 Å². The van der Waals surface area contributed by atoms with Crippen LogP contribution in [0.2, 0.25) is 0 Å². The molecule has 0 spiro atoms. The van der Waals surface area contributed by atoms with Gasteiger partial charge in [-0.1, -0.05) is 32.3 Å². The maximum absolute atomic E-state index is 12.1. The Bertz CT molecular complexity index is 433. The largest absolute Gasteiger partial charge is 0.461 e. The van der Waals surface area contributed by atoms with E-state index in [1.807, 2.05) is 6.08 Å². The molecule has 0 fully saturated rings. The standard InChI is InChI=1S/C20H38O8/c1-3-4-5-6-7-8-17(2)18(26)28-16-20(12-24,13-25)15-27-14-19(9-21,10-22)11-23/h8,21-25H,3-7,9-16H2,1-2H3/b17-8+. The predicted octanol–water partition coefficient (Wildman–Crippen LogP) is 0.397. The summed E-state index contributed by atoms with van der Waals surface area (Å²) < 4.78 is 10.6. The van der Waals surface area contributed by atoms with E-state index in [2.05, 4.69) is 6.92 Å². The SMILES string of the molecule is CCCCCC/C=C(\C)C(=O)OCC(CO)(CO)COCC(CO)(CO)CO. The second kappa shape index (κ2) is 14.9. The number of aliphatic hydroxyl groups excluding tert-OH is 5. The zero-order chi connectivity index (χ0) is 21.5. The average molecular weight is 407 g/mol. The van der Waals surface area contributed by atoms with Gasteiger partial charge in [0.05, 0.1) is 57.1 Å². The topological polar surface area (TPSA) is 137 Å². The number of hydrogen-bond acceptors (Lipinski definition) is 8. The van der Waals surface area contributed by atoms with Crippen molar-refractivity contribution in [3.05, 3.63) is 11.6 Å². The summed E-state index contributed by atoms with van der Waals surface area (Å²) in [5.74, 6) is -0.516. The van der Waals surface area contributed by atoms with Crippen molar-refractivity contribution in [2.45, 2.75) is 46.0 Å². The van der Waals surface area contributed by atoms with Crippen molar-refractivity contribution in [1.82, 2.24) is 0 Å². The molecule has 166 valence electrons. The van der Waals surface area contributed by atoms with Crippen molar-refractivity contribution in [2.75, 3.05) is 52.9 Å². The summed E-state index contributed by atoms with van der Waals surface area (Å²) in [7, 11) is 0. The fourth-order valence-electron chi connectivity index (χ4n) is 2.35. The van der Waals surface area contributed by atoms with Gasteiger partial charge in [0.1, 0.15) is 6.61 Å². The van der Waals surface area contributed by atoms with E-state index in [4.69, 9.17) is 9.47 Å². The highest BCUT2D eigenvalue weighted by Crippen LogP contribution is 2.21. The molecule has 0 saturated heterocycles. The zero-order valence-electron chi connectivity index (χ0n) is 17.2. The number of rotatable bonds is 17. The van der Waals surface area contributed by atoms with Gasteiger partial charge in [-0.15, -0.1) is 0 Å². The van der Waals surface area contributed by atoms with E-state index < -0.39 is 49.8 Å². The van der Waals surface area contributed by atoms with Crippen LogP contribution in [-0.2, 0) is 14.3 Å². The number of carbonyl (C=O) groups is 1. The molecule has 0 aliphatic heterocycles. The molecule has 0 aliphatic rings. The Balaban J connectivity index is 4.62. The highest BCUT2D eigenvalue weighted by atomic mass is 16.5. The van der Waals surface area contributed by atoms with E-state index in [9.17, 15) is 30.3 Å². The number of esters is 1. The number of aliphatic hydroxyl groups is 5. The van der Waals surface area contributed by atoms with E-state index in [0.717, 1.165) is 32.1 Å². The molecule has 5 N–H and O–H groups in total. The van der Waals surface area contributed by atoms with E-state index in [-0.39, 0.29) is 19.8 Å². The van der Waals surface area contributed by atoms with Crippen LogP contribution in [0, 0.1) is 10.8 Å². The molecular weight excluding hydrogens is 368 g/mol. The van der Waals surface area contributed by atoms with Crippen LogP contribution < -0.4 is 0 Å². The van der Waals surface area contributed by atoms with Crippen LogP contribution in [0.3, 0.4) is 0 Å². The predicted molar refractivity (Wildman–Crippen MR) is 105 cm³/mol. The number of carbonyl (C=O) groups excluding carboxylic acids is 1. The van der Waals surface area contributed by atoms with Crippen molar-refractivity contribution in [3.8, 4) is 0 Å². The van der Waals surface area contributed by atoms with Gasteiger partial charge in [-0.05, 0) is 19.8 Å². The Kier molecular flexibility index (Phi) is 14.3. The highest BCUT2D eigenvalue weighted by molar-refractivity contribution is 5.87. The monoisotopic (exact) mass is 406 g/mol. The van der Waals surface area contributed by atoms with Crippen molar-refractivity contribution >= 4 is 5.97 Å². The molecule has 0 unspecified atom stereocenters. The molecule has 0 bridgehead atoms. The molecule has 0 aliphatic carbocycles. The normalized spacial score (nSPS) is 13.0. The van der Waals surface area contributed by atoms with Crippen LogP contribution in [0.1, 0.15) is 46.0 Å². The molecule has 0 rings (SSSR count). The lowest BCUT2D eigenvalue weighted by atomic mass is 9.90. The molecule has 8 heteroatoms. The van der Waals surface area contributed by atoms with Crippen LogP contribution in [0.4, 0.5) is 0 Å². The number of unbranched alkanes of at least 4 members (excludes halogenated alkanes) is 4. The minimum Gasteiger partial charge on any atom is -0.461 e. The molecule has 0 aromatic rings. The maximum atomic E-state index is 12.1. The summed E-state index contributed by atoms with van der Waals surface area (Å²) >= 11 is 0. The van der Waals surface area contributed by atoms with Crippen molar-refractivity contribution in [1.29, 1.82) is 0 Å². The molecule has 0 amide bonds. The molecule has 0 aromatic carbocycles. The van der Waals surface area contributed by atoms with Crippen LogP contribution in [0.5, 0.6) is 0 Å². The van der Waals surface area contributed by atoms with Crippen LogP contribution >= 0.6 is 0 Å². The van der Waals surface area contributed by atoms with Crippen molar-refractivity contribution in [2.24, 2.45) is 10.8 Å². The molecule has 0 atom stereocenters. The number of ether oxygens (including phenoxy) is 2. The van der Waals surface area contributed by atoms with Gasteiger partial charge in [0.25, 0.3) is 0 Å². The van der Waals surface area contributed by atoms with Crippen LogP contribution in [-0.4, -0.2) is 84.4 Å². The van der Waals surface area contributed by atoms with Crippen LogP contribution in [0.25, 0.3) is 0 Å². The lowest BCUT2D eigenvalue weighted by Crippen LogP contribution is -2.44. The van der Waals surface area contributed by atoms with Gasteiger partial charge in [-0.25, -0.2) is 4.79 Å². The average Bonchev–Trinajstić information content (AvgIpc) is 2.73. The minimum absolute atomic E-state index is 0.172. The molecule has 0 radical (unpaired) electrons. The lowest BCUT2D eigenvalue weighted by molar-refractivity contribution is -0.150. The maximum Gasteiger partial charge on any atom is 0.333 e. The van der Waals surface area contributed by atoms with Crippen molar-refractivity contribution < 1.29 is 39.8 Å². The second-order valence-electron chi connectivity index (χ2n) is 7.60.